The Morgan fingerprint density at radius 1 is 0.842 bits per heavy atom. The number of hydrogen-bond acceptors (Lipinski definition) is 6. The Morgan fingerprint density at radius 3 is 1.92 bits per heavy atom. The summed E-state index contributed by atoms with van der Waals surface area (Å²) in [6.45, 7) is 1.35. The molecule has 0 aliphatic heterocycles. The lowest BCUT2D eigenvalue weighted by Gasteiger charge is -2.05. The summed E-state index contributed by atoms with van der Waals surface area (Å²) in [6.07, 6.45) is 3.04. The monoisotopic (exact) mass is 637 g/mol. The van der Waals surface area contributed by atoms with Gasteiger partial charge in [-0.05, 0) is 66.6 Å². The topological polar surface area (TPSA) is 123 Å². The minimum absolute atomic E-state index is 0.304. The van der Waals surface area contributed by atoms with E-state index in [4.69, 9.17) is 0 Å². The van der Waals surface area contributed by atoms with Crippen molar-refractivity contribution >= 4 is 56.1 Å². The SMILES string of the molecule is Cc1nn(CC(=O)N/N=C/c2ccc(Br)cc2)c(=O)n1-c1ccc(C(=O)N/N=C/c2ccc(Br)cc2)cc1. The van der Waals surface area contributed by atoms with E-state index < -0.39 is 17.5 Å². The van der Waals surface area contributed by atoms with Gasteiger partial charge in [0.1, 0.15) is 12.4 Å². The third kappa shape index (κ3) is 6.99. The molecular weight excluding hydrogens is 618 g/mol. The summed E-state index contributed by atoms with van der Waals surface area (Å²) in [6, 6.07) is 21.2. The van der Waals surface area contributed by atoms with E-state index in [1.165, 1.54) is 17.0 Å². The van der Waals surface area contributed by atoms with Gasteiger partial charge in [0.25, 0.3) is 11.8 Å². The van der Waals surface area contributed by atoms with Crippen molar-refractivity contribution in [1.29, 1.82) is 0 Å². The molecule has 10 nitrogen and oxygen atoms in total. The fourth-order valence-electron chi connectivity index (χ4n) is 3.36. The molecule has 4 rings (SSSR count). The average Bonchev–Trinajstić information content (AvgIpc) is 3.18. The highest BCUT2D eigenvalue weighted by Crippen LogP contribution is 2.11. The fourth-order valence-corrected chi connectivity index (χ4v) is 3.88. The predicted molar refractivity (Wildman–Crippen MR) is 152 cm³/mol. The van der Waals surface area contributed by atoms with Gasteiger partial charge in [0.2, 0.25) is 0 Å². The van der Waals surface area contributed by atoms with Crippen molar-refractivity contribution in [2.45, 2.75) is 13.5 Å². The van der Waals surface area contributed by atoms with E-state index in [2.05, 4.69) is 58.0 Å². The zero-order valence-electron chi connectivity index (χ0n) is 20.0. The standard InChI is InChI=1S/C26H21Br2N7O3/c1-17-33-34(16-24(36)31-29-14-18-2-8-21(27)9-3-18)26(38)35(17)23-12-6-20(7-13-23)25(37)32-30-15-19-4-10-22(28)11-5-19/h2-15H,16H2,1H3,(H,31,36)(H,32,37)/b29-14+,30-15+. The summed E-state index contributed by atoms with van der Waals surface area (Å²) in [4.78, 5) is 37.6. The highest BCUT2D eigenvalue weighted by Gasteiger charge is 2.15. The summed E-state index contributed by atoms with van der Waals surface area (Å²) in [5, 5.41) is 12.1. The van der Waals surface area contributed by atoms with Crippen LogP contribution in [0.4, 0.5) is 0 Å². The Labute approximate surface area is 234 Å². The van der Waals surface area contributed by atoms with Crippen LogP contribution in [0.1, 0.15) is 27.3 Å². The molecule has 0 saturated heterocycles. The molecule has 0 aliphatic carbocycles. The van der Waals surface area contributed by atoms with Crippen LogP contribution in [0.15, 0.2) is 96.7 Å². The minimum atomic E-state index is -0.499. The van der Waals surface area contributed by atoms with E-state index in [9.17, 15) is 14.4 Å². The highest BCUT2D eigenvalue weighted by molar-refractivity contribution is 9.10. The third-order valence-corrected chi connectivity index (χ3v) is 6.26. The fraction of sp³-hybridized carbons (Fsp3) is 0.0769. The number of nitrogens with one attached hydrogen (secondary N) is 2. The molecule has 3 aromatic carbocycles. The number of aryl methyl sites for hydroxylation is 1. The van der Waals surface area contributed by atoms with Crippen LogP contribution in [-0.2, 0) is 11.3 Å². The number of benzene rings is 3. The van der Waals surface area contributed by atoms with Gasteiger partial charge in [0.05, 0.1) is 18.1 Å². The van der Waals surface area contributed by atoms with Crippen LogP contribution in [0, 0.1) is 6.92 Å². The number of nitrogens with zero attached hydrogens (tertiary/aromatic N) is 5. The second kappa shape index (κ2) is 12.4. The molecule has 0 unspecified atom stereocenters. The predicted octanol–water partition coefficient (Wildman–Crippen LogP) is 3.78. The van der Waals surface area contributed by atoms with Crippen LogP contribution < -0.4 is 16.5 Å². The average molecular weight is 639 g/mol. The molecule has 38 heavy (non-hydrogen) atoms. The number of halogens is 2. The molecule has 0 bridgehead atoms. The molecule has 0 aliphatic rings. The number of hydrazone groups is 2. The molecule has 2 amide bonds. The van der Waals surface area contributed by atoms with Gasteiger partial charge in [0.15, 0.2) is 0 Å². The van der Waals surface area contributed by atoms with Crippen LogP contribution in [0.2, 0.25) is 0 Å². The molecule has 0 radical (unpaired) electrons. The molecule has 192 valence electrons. The third-order valence-electron chi connectivity index (χ3n) is 5.20. The van der Waals surface area contributed by atoms with E-state index in [-0.39, 0.29) is 6.54 Å². The normalized spacial score (nSPS) is 11.2. The van der Waals surface area contributed by atoms with Crippen LogP contribution in [0.3, 0.4) is 0 Å². The molecular formula is C26H21Br2N7O3. The highest BCUT2D eigenvalue weighted by atomic mass is 79.9. The first-order valence-electron chi connectivity index (χ1n) is 11.2. The molecule has 0 saturated carbocycles. The summed E-state index contributed by atoms with van der Waals surface area (Å²) >= 11 is 6.72. The number of carbonyl (C=O) groups excluding carboxylic acids is 2. The molecule has 1 heterocycles. The molecule has 0 fully saturated rings. The Bertz CT molecular complexity index is 1560. The molecule has 0 atom stereocenters. The zero-order valence-corrected chi connectivity index (χ0v) is 23.2. The maximum absolute atomic E-state index is 12.9. The Hall–Kier alpha value is -4.16. The summed E-state index contributed by atoms with van der Waals surface area (Å²) in [5.74, 6) is -0.511. The largest absolute Gasteiger partial charge is 0.351 e. The second-order valence-electron chi connectivity index (χ2n) is 7.97. The minimum Gasteiger partial charge on any atom is -0.271 e. The lowest BCUT2D eigenvalue weighted by molar-refractivity contribution is -0.121. The van der Waals surface area contributed by atoms with Gasteiger partial charge in [-0.15, -0.1) is 0 Å². The van der Waals surface area contributed by atoms with Crippen LogP contribution in [0.25, 0.3) is 5.69 Å². The molecule has 1 aromatic heterocycles. The van der Waals surface area contributed by atoms with Gasteiger partial charge in [-0.1, -0.05) is 56.1 Å². The van der Waals surface area contributed by atoms with Crippen molar-refractivity contribution in [3.05, 3.63) is 115 Å². The quantitative estimate of drug-likeness (QED) is 0.225. The van der Waals surface area contributed by atoms with Gasteiger partial charge in [-0.25, -0.2) is 24.9 Å². The lowest BCUT2D eigenvalue weighted by atomic mass is 10.2. The Balaban J connectivity index is 1.38. The number of rotatable bonds is 8. The maximum atomic E-state index is 12.9. The molecule has 2 N–H and O–H groups in total. The van der Waals surface area contributed by atoms with Crippen molar-refractivity contribution < 1.29 is 9.59 Å². The summed E-state index contributed by atoms with van der Waals surface area (Å²) < 4.78 is 4.29. The van der Waals surface area contributed by atoms with Crippen molar-refractivity contribution in [1.82, 2.24) is 25.2 Å². The Morgan fingerprint density at radius 2 is 1.37 bits per heavy atom. The number of aromatic nitrogens is 3. The maximum Gasteiger partial charge on any atom is 0.351 e. The van der Waals surface area contributed by atoms with Gasteiger partial charge in [-0.2, -0.15) is 15.3 Å². The van der Waals surface area contributed by atoms with Crippen LogP contribution in [0.5, 0.6) is 0 Å². The second-order valence-corrected chi connectivity index (χ2v) is 9.80. The lowest BCUT2D eigenvalue weighted by Crippen LogP contribution is -2.31. The zero-order chi connectivity index (χ0) is 27.1. The number of hydrogen-bond donors (Lipinski definition) is 2. The smallest absolute Gasteiger partial charge is 0.271 e. The number of carbonyl (C=O) groups is 2. The van der Waals surface area contributed by atoms with E-state index in [1.54, 1.807) is 31.2 Å². The van der Waals surface area contributed by atoms with Gasteiger partial charge >= 0.3 is 5.69 Å². The molecule has 4 aromatic rings. The summed E-state index contributed by atoms with van der Waals surface area (Å²) in [5.41, 5.74) is 6.88. The first-order valence-corrected chi connectivity index (χ1v) is 12.8. The van der Waals surface area contributed by atoms with Crippen molar-refractivity contribution in [3.63, 3.8) is 0 Å². The molecule has 12 heteroatoms. The van der Waals surface area contributed by atoms with Crippen LogP contribution >= 0.6 is 31.9 Å². The molecule has 0 spiro atoms. The van der Waals surface area contributed by atoms with Gasteiger partial charge in [-0.3, -0.25) is 9.59 Å². The first-order chi connectivity index (χ1) is 18.3. The van der Waals surface area contributed by atoms with Crippen molar-refractivity contribution in [2.75, 3.05) is 0 Å². The van der Waals surface area contributed by atoms with Crippen LogP contribution in [-0.4, -0.2) is 38.6 Å². The van der Waals surface area contributed by atoms with E-state index in [0.29, 0.717) is 17.1 Å². The van der Waals surface area contributed by atoms with E-state index in [0.717, 1.165) is 24.8 Å². The first kappa shape index (κ1) is 26.9. The van der Waals surface area contributed by atoms with E-state index in [1.807, 2.05) is 48.5 Å². The summed E-state index contributed by atoms with van der Waals surface area (Å²) in [7, 11) is 0. The van der Waals surface area contributed by atoms with Crippen molar-refractivity contribution in [2.24, 2.45) is 10.2 Å². The Kier molecular flexibility index (Phi) is 8.77. The van der Waals surface area contributed by atoms with Gasteiger partial charge < -0.3 is 0 Å². The van der Waals surface area contributed by atoms with Gasteiger partial charge in [0, 0.05) is 14.5 Å². The van der Waals surface area contributed by atoms with E-state index >= 15 is 0 Å². The van der Waals surface area contributed by atoms with Crippen molar-refractivity contribution in [3.8, 4) is 5.69 Å². The number of amides is 2.